The number of carbonyl (C=O) groups excluding carboxylic acids is 1. The summed E-state index contributed by atoms with van der Waals surface area (Å²) in [5.41, 5.74) is 5.03. The van der Waals surface area contributed by atoms with Gasteiger partial charge in [-0.15, -0.1) is 18.3 Å². The van der Waals surface area contributed by atoms with Crippen LogP contribution >= 0.6 is 24.0 Å². The van der Waals surface area contributed by atoms with Gasteiger partial charge in [0.05, 0.1) is 17.1 Å². The molecule has 234 valence electrons. The molecule has 0 unspecified atom stereocenters. The SMILES string of the molecule is Cc1ccc(C(C)C)c(N2C(=O)CSC2=NC(=S)CC(C)(C)c2ccc(-c3ncn(-c4ccc(OC(F)(F)F)cc4)n3)cc2)c1. The summed E-state index contributed by atoms with van der Waals surface area (Å²) < 4.78 is 42.8. The monoisotopic (exact) mass is 651 g/mol. The highest BCUT2D eigenvalue weighted by Gasteiger charge is 2.33. The molecule has 1 aliphatic heterocycles. The van der Waals surface area contributed by atoms with Gasteiger partial charge in [0, 0.05) is 12.0 Å². The summed E-state index contributed by atoms with van der Waals surface area (Å²) in [6.45, 7) is 10.4. The molecule has 0 aliphatic carbocycles. The van der Waals surface area contributed by atoms with Gasteiger partial charge in [-0.3, -0.25) is 9.69 Å². The van der Waals surface area contributed by atoms with Crippen LogP contribution in [-0.4, -0.2) is 42.9 Å². The van der Waals surface area contributed by atoms with Gasteiger partial charge in [0.2, 0.25) is 5.91 Å². The molecule has 0 radical (unpaired) electrons. The Labute approximate surface area is 269 Å². The Bertz CT molecular complexity index is 1750. The summed E-state index contributed by atoms with van der Waals surface area (Å²) in [7, 11) is 0. The summed E-state index contributed by atoms with van der Waals surface area (Å²) >= 11 is 7.15. The number of hydrogen-bond donors (Lipinski definition) is 0. The Morgan fingerprint density at radius 1 is 1.07 bits per heavy atom. The average Bonchev–Trinajstić information content (AvgIpc) is 3.59. The molecule has 1 saturated heterocycles. The van der Waals surface area contributed by atoms with Crippen molar-refractivity contribution >= 4 is 45.7 Å². The van der Waals surface area contributed by atoms with Crippen molar-refractivity contribution in [3.05, 3.63) is 89.7 Å². The second kappa shape index (κ2) is 12.8. The molecule has 1 amide bonds. The van der Waals surface area contributed by atoms with Crippen molar-refractivity contribution in [2.75, 3.05) is 10.7 Å². The van der Waals surface area contributed by atoms with Crippen LogP contribution in [0.4, 0.5) is 18.9 Å². The lowest BCUT2D eigenvalue weighted by molar-refractivity contribution is -0.274. The standard InChI is InChI=1S/C33H32F3N5O2S2/c1-20(2)26-15-6-21(3)16-27(26)41-29(42)18-45-31(41)38-28(44)17-32(4,5)23-9-7-22(8-10-23)30-37-19-40(39-30)24-11-13-25(14-12-24)43-33(34,35)36/h6-16,19-20H,17-18H2,1-5H3. The van der Waals surface area contributed by atoms with E-state index in [1.807, 2.05) is 37.3 Å². The number of amides is 1. The average molecular weight is 652 g/mol. The molecular weight excluding hydrogens is 620 g/mol. The second-order valence-corrected chi connectivity index (χ2v) is 13.1. The molecule has 12 heteroatoms. The minimum atomic E-state index is -4.75. The third kappa shape index (κ3) is 7.62. The van der Waals surface area contributed by atoms with Gasteiger partial charge in [-0.1, -0.05) is 88.1 Å². The van der Waals surface area contributed by atoms with Gasteiger partial charge < -0.3 is 4.74 Å². The summed E-state index contributed by atoms with van der Waals surface area (Å²) in [6.07, 6.45) is -2.75. The first-order chi connectivity index (χ1) is 21.2. The van der Waals surface area contributed by atoms with E-state index in [0.29, 0.717) is 33.8 Å². The summed E-state index contributed by atoms with van der Waals surface area (Å²) in [4.78, 5) is 24.3. The highest BCUT2D eigenvalue weighted by molar-refractivity contribution is 8.15. The predicted octanol–water partition coefficient (Wildman–Crippen LogP) is 8.40. The van der Waals surface area contributed by atoms with Crippen LogP contribution in [0.2, 0.25) is 0 Å². The van der Waals surface area contributed by atoms with Gasteiger partial charge in [-0.05, 0) is 65.3 Å². The lowest BCUT2D eigenvalue weighted by Crippen LogP contribution is -2.31. The molecule has 0 atom stereocenters. The van der Waals surface area contributed by atoms with E-state index in [4.69, 9.17) is 17.2 Å². The van der Waals surface area contributed by atoms with Crippen LogP contribution in [0.25, 0.3) is 17.1 Å². The number of aromatic nitrogens is 3. The predicted molar refractivity (Wildman–Crippen MR) is 176 cm³/mol. The molecule has 0 N–H and O–H groups in total. The molecule has 0 spiro atoms. The number of amidine groups is 1. The molecule has 3 aromatic carbocycles. The summed E-state index contributed by atoms with van der Waals surface area (Å²) in [6, 6.07) is 19.4. The Balaban J connectivity index is 1.29. The number of nitrogens with zero attached hydrogens (tertiary/aromatic N) is 5. The third-order valence-corrected chi connectivity index (χ3v) is 8.54. The van der Waals surface area contributed by atoms with Gasteiger partial charge in [-0.2, -0.15) is 0 Å². The number of aliphatic imine (C=N–C) groups is 1. The number of alkyl halides is 3. The Kier molecular flexibility index (Phi) is 9.18. The zero-order valence-corrected chi connectivity index (χ0v) is 27.1. The van der Waals surface area contributed by atoms with Crippen LogP contribution in [0.3, 0.4) is 0 Å². The van der Waals surface area contributed by atoms with E-state index in [9.17, 15) is 18.0 Å². The van der Waals surface area contributed by atoms with Gasteiger partial charge >= 0.3 is 6.36 Å². The molecule has 7 nitrogen and oxygen atoms in total. The minimum Gasteiger partial charge on any atom is -0.406 e. The van der Waals surface area contributed by atoms with E-state index < -0.39 is 6.36 Å². The first kappa shape index (κ1) is 32.4. The van der Waals surface area contributed by atoms with Gasteiger partial charge in [-0.25, -0.2) is 14.7 Å². The molecule has 0 bridgehead atoms. The third-order valence-electron chi connectivity index (χ3n) is 7.38. The van der Waals surface area contributed by atoms with E-state index in [-0.39, 0.29) is 23.0 Å². The minimum absolute atomic E-state index is 0.00700. The zero-order chi connectivity index (χ0) is 32.5. The number of hydrogen-bond acceptors (Lipinski definition) is 6. The Hall–Kier alpha value is -4.03. The molecule has 2 heterocycles. The lowest BCUT2D eigenvalue weighted by atomic mass is 9.81. The van der Waals surface area contributed by atoms with Crippen LogP contribution in [0.5, 0.6) is 5.75 Å². The van der Waals surface area contributed by atoms with Crippen LogP contribution in [0.1, 0.15) is 56.7 Å². The number of aryl methyl sites for hydroxylation is 1. The first-order valence-corrected chi connectivity index (χ1v) is 15.7. The number of halogens is 3. The number of ether oxygens (including phenoxy) is 1. The molecular formula is C33H32F3N5O2S2. The van der Waals surface area contributed by atoms with Gasteiger partial charge in [0.1, 0.15) is 17.1 Å². The molecule has 45 heavy (non-hydrogen) atoms. The van der Waals surface area contributed by atoms with E-state index in [1.54, 1.807) is 4.90 Å². The lowest BCUT2D eigenvalue weighted by Gasteiger charge is -2.26. The van der Waals surface area contributed by atoms with E-state index in [1.165, 1.54) is 47.0 Å². The maximum absolute atomic E-state index is 13.0. The Morgan fingerprint density at radius 3 is 2.40 bits per heavy atom. The van der Waals surface area contributed by atoms with Crippen molar-refractivity contribution < 1.29 is 22.7 Å². The summed E-state index contributed by atoms with van der Waals surface area (Å²) in [5, 5.41) is 5.09. The molecule has 0 saturated carbocycles. The van der Waals surface area contributed by atoms with Crippen LogP contribution in [0.15, 0.2) is 78.0 Å². The van der Waals surface area contributed by atoms with Crippen molar-refractivity contribution in [1.29, 1.82) is 0 Å². The van der Waals surface area contributed by atoms with Crippen LogP contribution in [-0.2, 0) is 10.2 Å². The number of carbonyl (C=O) groups is 1. The molecule has 5 rings (SSSR count). The topological polar surface area (TPSA) is 72.6 Å². The van der Waals surface area contributed by atoms with Crippen molar-refractivity contribution in [3.63, 3.8) is 0 Å². The van der Waals surface area contributed by atoms with Crippen molar-refractivity contribution in [2.24, 2.45) is 4.99 Å². The first-order valence-electron chi connectivity index (χ1n) is 14.3. The van der Waals surface area contributed by atoms with Crippen molar-refractivity contribution in [1.82, 2.24) is 14.8 Å². The van der Waals surface area contributed by atoms with Gasteiger partial charge in [0.25, 0.3) is 0 Å². The summed E-state index contributed by atoms with van der Waals surface area (Å²) in [5.74, 6) is 0.713. The smallest absolute Gasteiger partial charge is 0.406 e. The Morgan fingerprint density at radius 2 is 1.76 bits per heavy atom. The van der Waals surface area contributed by atoms with E-state index in [0.717, 1.165) is 27.9 Å². The molecule has 4 aromatic rings. The zero-order valence-electron chi connectivity index (χ0n) is 25.4. The molecule has 1 aliphatic rings. The van der Waals surface area contributed by atoms with Crippen molar-refractivity contribution in [2.45, 2.75) is 58.7 Å². The van der Waals surface area contributed by atoms with E-state index in [2.05, 4.69) is 54.6 Å². The van der Waals surface area contributed by atoms with Gasteiger partial charge in [0.15, 0.2) is 11.0 Å². The molecule has 1 fully saturated rings. The largest absolute Gasteiger partial charge is 0.573 e. The number of anilines is 1. The quantitative estimate of drug-likeness (QED) is 0.178. The number of thioether (sulfide) groups is 1. The number of thiocarbonyl (C=S) groups is 1. The van der Waals surface area contributed by atoms with E-state index >= 15 is 0 Å². The molecule has 1 aromatic heterocycles. The van der Waals surface area contributed by atoms with Crippen LogP contribution in [0, 0.1) is 6.92 Å². The maximum Gasteiger partial charge on any atom is 0.573 e. The second-order valence-electron chi connectivity index (χ2n) is 11.7. The fraction of sp³-hybridized carbons (Fsp3) is 0.303. The maximum atomic E-state index is 13.0. The van der Waals surface area contributed by atoms with Crippen LogP contribution < -0.4 is 9.64 Å². The fourth-order valence-corrected chi connectivity index (χ4v) is 6.43. The highest BCUT2D eigenvalue weighted by atomic mass is 32.2. The fourth-order valence-electron chi connectivity index (χ4n) is 5.03. The highest BCUT2D eigenvalue weighted by Crippen LogP contribution is 2.35. The number of rotatable bonds is 8. The normalized spacial score (nSPS) is 14.9. The van der Waals surface area contributed by atoms with Crippen molar-refractivity contribution in [3.8, 4) is 22.8 Å². The number of benzene rings is 3.